The lowest BCUT2D eigenvalue weighted by atomic mass is 10.2. The van der Waals surface area contributed by atoms with Crippen molar-refractivity contribution in [3.63, 3.8) is 0 Å². The summed E-state index contributed by atoms with van der Waals surface area (Å²) in [6.07, 6.45) is 12.3. The van der Waals surface area contributed by atoms with Gasteiger partial charge in [-0.1, -0.05) is 6.08 Å². The van der Waals surface area contributed by atoms with Crippen LogP contribution in [0.15, 0.2) is 36.2 Å². The summed E-state index contributed by atoms with van der Waals surface area (Å²) >= 11 is 0. The predicted octanol–water partition coefficient (Wildman–Crippen LogP) is 1.14. The summed E-state index contributed by atoms with van der Waals surface area (Å²) in [7, 11) is 3.21. The highest BCUT2D eigenvalue weighted by molar-refractivity contribution is 5.67. The van der Waals surface area contributed by atoms with Crippen LogP contribution in [-0.4, -0.2) is 25.2 Å². The highest BCUT2D eigenvalue weighted by atomic mass is 16.7. The van der Waals surface area contributed by atoms with Crippen LogP contribution < -0.4 is 5.48 Å². The lowest BCUT2D eigenvalue weighted by molar-refractivity contribution is -0.742. The van der Waals surface area contributed by atoms with Crippen LogP contribution in [0, 0.1) is 0 Å². The van der Waals surface area contributed by atoms with Gasteiger partial charge >= 0.3 is 0 Å². The highest BCUT2D eigenvalue weighted by Crippen LogP contribution is 2.08. The van der Waals surface area contributed by atoms with E-state index in [0.29, 0.717) is 0 Å². The number of hydrogen-bond acceptors (Lipinski definition) is 3. The lowest BCUT2D eigenvalue weighted by Crippen LogP contribution is -2.12. The van der Waals surface area contributed by atoms with Gasteiger partial charge in [-0.15, -0.1) is 0 Å². The summed E-state index contributed by atoms with van der Waals surface area (Å²) in [4.78, 5) is 9.79. The molecule has 0 aromatic rings. The third kappa shape index (κ3) is 3.06. The second-order valence-electron chi connectivity index (χ2n) is 2.63. The van der Waals surface area contributed by atoms with Crippen molar-refractivity contribution in [2.24, 2.45) is 0 Å². The molecule has 1 rings (SSSR count). The third-order valence-electron chi connectivity index (χ3n) is 1.74. The smallest absolute Gasteiger partial charge is 0.238 e. The normalized spacial score (nSPS) is 18.7. The number of nitrogens with one attached hydrogen (secondary N) is 1. The Morgan fingerprint density at radius 1 is 1.50 bits per heavy atom. The molecule has 1 N–H and O–H groups in total. The largest absolute Gasteiger partial charge is 0.280 e. The van der Waals surface area contributed by atoms with Crippen molar-refractivity contribution >= 4 is 6.21 Å². The van der Waals surface area contributed by atoms with Crippen LogP contribution in [0.25, 0.3) is 0 Å². The van der Waals surface area contributed by atoms with Crippen molar-refractivity contribution in [2.75, 3.05) is 14.2 Å². The van der Waals surface area contributed by atoms with E-state index in [1.54, 1.807) is 25.2 Å². The Kier molecular flexibility index (Phi) is 4.50. The fraction of sp³-hybridized carbons (Fsp3) is 0.300. The molecule has 1 aliphatic heterocycles. The van der Waals surface area contributed by atoms with Crippen LogP contribution >= 0.6 is 0 Å². The molecule has 0 atom stereocenters. The van der Waals surface area contributed by atoms with Gasteiger partial charge in [0, 0.05) is 23.1 Å². The Morgan fingerprint density at radius 2 is 2.36 bits per heavy atom. The fourth-order valence-electron chi connectivity index (χ4n) is 1.10. The molecule has 0 fully saturated rings. The van der Waals surface area contributed by atoms with Gasteiger partial charge in [-0.2, -0.15) is 0 Å². The number of allylic oxidation sites excluding steroid dienone is 4. The van der Waals surface area contributed by atoms with Crippen molar-refractivity contribution in [3.05, 3.63) is 36.2 Å². The minimum atomic E-state index is 0.863. The minimum absolute atomic E-state index is 0.863. The molecule has 0 saturated heterocycles. The molecule has 0 bridgehead atoms. The molecule has 14 heavy (non-hydrogen) atoms. The average molecular weight is 195 g/mol. The number of nitrogens with zero attached hydrogens (tertiary/aromatic N) is 1. The molecule has 1 aliphatic rings. The number of rotatable bonds is 4. The summed E-state index contributed by atoms with van der Waals surface area (Å²) in [6, 6.07) is 0. The van der Waals surface area contributed by atoms with Gasteiger partial charge in [0.2, 0.25) is 11.9 Å². The average Bonchev–Trinajstić information content (AvgIpc) is 2.25. The zero-order valence-corrected chi connectivity index (χ0v) is 8.43. The monoisotopic (exact) mass is 195 g/mol. The topological polar surface area (TPSA) is 33.5 Å². The molecule has 0 unspecified atom stereocenters. The first-order valence-corrected chi connectivity index (χ1v) is 4.36. The van der Waals surface area contributed by atoms with Crippen molar-refractivity contribution in [2.45, 2.75) is 6.42 Å². The molecule has 1 heterocycles. The molecule has 0 aromatic carbocycles. The van der Waals surface area contributed by atoms with E-state index < -0.39 is 0 Å². The maximum atomic E-state index is 5.13. The second-order valence-corrected chi connectivity index (χ2v) is 2.63. The van der Waals surface area contributed by atoms with Crippen molar-refractivity contribution in [3.8, 4) is 0 Å². The first-order chi connectivity index (χ1) is 6.88. The van der Waals surface area contributed by atoms with E-state index in [9.17, 15) is 0 Å². The Bertz CT molecular complexity index is 290. The molecule has 0 saturated carbocycles. The number of hydrogen-bond donors (Lipinski definition) is 1. The van der Waals surface area contributed by atoms with Gasteiger partial charge in [-0.25, -0.2) is 0 Å². The van der Waals surface area contributed by atoms with Gasteiger partial charge in [0.15, 0.2) is 0 Å². The Hall–Kier alpha value is -1.55. The molecular formula is C10H15N2O2+. The SMILES string of the molecule is CON/C=C\C=C1/CC=CC=[N+]1OC. The first kappa shape index (κ1) is 10.5. The third-order valence-corrected chi connectivity index (χ3v) is 1.74. The molecule has 0 amide bonds. The van der Waals surface area contributed by atoms with Gasteiger partial charge in [0.25, 0.3) is 0 Å². The molecular weight excluding hydrogens is 180 g/mol. The van der Waals surface area contributed by atoms with E-state index in [1.165, 1.54) is 0 Å². The molecule has 0 aliphatic carbocycles. The van der Waals surface area contributed by atoms with Crippen LogP contribution in [0.5, 0.6) is 0 Å². The fourth-order valence-corrected chi connectivity index (χ4v) is 1.10. The van der Waals surface area contributed by atoms with Crippen LogP contribution in [0.2, 0.25) is 0 Å². The van der Waals surface area contributed by atoms with E-state index in [2.05, 4.69) is 16.4 Å². The molecule has 0 radical (unpaired) electrons. The quantitative estimate of drug-likeness (QED) is 0.539. The lowest BCUT2D eigenvalue weighted by Gasteiger charge is -2.01. The first-order valence-electron chi connectivity index (χ1n) is 4.36. The molecule has 4 nitrogen and oxygen atoms in total. The van der Waals surface area contributed by atoms with E-state index in [4.69, 9.17) is 4.84 Å². The van der Waals surface area contributed by atoms with Crippen LogP contribution in [0.4, 0.5) is 0 Å². The van der Waals surface area contributed by atoms with Crippen molar-refractivity contribution < 1.29 is 14.4 Å². The second kappa shape index (κ2) is 5.99. The number of hydroxylamine groups is 2. The Balaban J connectivity index is 2.59. The van der Waals surface area contributed by atoms with Gasteiger partial charge in [0.05, 0.1) is 13.5 Å². The van der Waals surface area contributed by atoms with E-state index in [0.717, 1.165) is 12.1 Å². The molecule has 0 spiro atoms. The highest BCUT2D eigenvalue weighted by Gasteiger charge is 2.13. The zero-order valence-electron chi connectivity index (χ0n) is 8.43. The zero-order chi connectivity index (χ0) is 10.2. The molecule has 4 heteroatoms. The van der Waals surface area contributed by atoms with E-state index in [-0.39, 0.29) is 0 Å². The van der Waals surface area contributed by atoms with Gasteiger partial charge in [-0.05, 0) is 6.08 Å². The molecule has 0 aromatic heterocycles. The van der Waals surface area contributed by atoms with E-state index in [1.807, 2.05) is 24.4 Å². The Morgan fingerprint density at radius 3 is 3.07 bits per heavy atom. The van der Waals surface area contributed by atoms with Crippen LogP contribution in [0.1, 0.15) is 6.42 Å². The van der Waals surface area contributed by atoms with E-state index >= 15 is 0 Å². The summed E-state index contributed by atoms with van der Waals surface area (Å²) in [6.45, 7) is 0. The van der Waals surface area contributed by atoms with Gasteiger partial charge < -0.3 is 0 Å². The minimum Gasteiger partial charge on any atom is -0.280 e. The van der Waals surface area contributed by atoms with Gasteiger partial charge in [0.1, 0.15) is 7.11 Å². The Labute approximate surface area is 83.7 Å². The molecule has 76 valence electrons. The summed E-state index contributed by atoms with van der Waals surface area (Å²) < 4.78 is 1.72. The van der Waals surface area contributed by atoms with Crippen molar-refractivity contribution in [1.29, 1.82) is 0 Å². The van der Waals surface area contributed by atoms with Crippen molar-refractivity contribution in [1.82, 2.24) is 5.48 Å². The standard InChI is InChI=1S/C10H15N2O2/c1-13-11-8-5-7-10-6-3-4-9-12(10)14-2/h3-5,7-9,11H,6H2,1-2H3/q+1/b8-5-,10-7+. The summed E-state index contributed by atoms with van der Waals surface area (Å²) in [5.74, 6) is 0. The predicted molar refractivity (Wildman–Crippen MR) is 54.5 cm³/mol. The van der Waals surface area contributed by atoms with Gasteiger partial charge in [-0.3, -0.25) is 15.2 Å². The summed E-state index contributed by atoms with van der Waals surface area (Å²) in [5.41, 5.74) is 3.68. The maximum Gasteiger partial charge on any atom is 0.238 e. The summed E-state index contributed by atoms with van der Waals surface area (Å²) in [5, 5.41) is 0. The van der Waals surface area contributed by atoms with Crippen LogP contribution in [0.3, 0.4) is 0 Å². The maximum absolute atomic E-state index is 5.13. The van der Waals surface area contributed by atoms with Crippen LogP contribution in [-0.2, 0) is 9.68 Å².